The topological polar surface area (TPSA) is 21.3 Å². The van der Waals surface area contributed by atoms with Crippen LogP contribution in [0.15, 0.2) is 40.9 Å². The Hall–Kier alpha value is -1.10. The van der Waals surface area contributed by atoms with E-state index in [9.17, 15) is 4.39 Å². The van der Waals surface area contributed by atoms with Crippen LogP contribution in [0.1, 0.15) is 18.5 Å². The van der Waals surface area contributed by atoms with Gasteiger partial charge in [-0.3, -0.25) is 0 Å². The summed E-state index contributed by atoms with van der Waals surface area (Å²) >= 11 is 9.43. The van der Waals surface area contributed by atoms with Gasteiger partial charge in [-0.25, -0.2) is 4.39 Å². The summed E-state index contributed by atoms with van der Waals surface area (Å²) in [6.45, 7) is 2.04. The summed E-state index contributed by atoms with van der Waals surface area (Å²) in [5.41, 5.74) is 1.06. The van der Waals surface area contributed by atoms with Crippen LogP contribution in [0.5, 0.6) is 11.5 Å². The summed E-state index contributed by atoms with van der Waals surface area (Å²) in [5, 5.41) is 3.63. The van der Waals surface area contributed by atoms with Gasteiger partial charge in [-0.1, -0.05) is 33.6 Å². The zero-order valence-corrected chi connectivity index (χ0v) is 13.4. The van der Waals surface area contributed by atoms with Crippen LogP contribution in [0.2, 0.25) is 5.02 Å². The molecule has 0 amide bonds. The van der Waals surface area contributed by atoms with E-state index in [1.807, 2.05) is 26.1 Å². The van der Waals surface area contributed by atoms with Gasteiger partial charge in [0.2, 0.25) is 0 Å². The molecule has 0 aromatic heterocycles. The monoisotopic (exact) mass is 357 g/mol. The van der Waals surface area contributed by atoms with Gasteiger partial charge in [-0.2, -0.15) is 0 Å². The summed E-state index contributed by atoms with van der Waals surface area (Å²) in [7, 11) is 1.88. The number of nitrogens with one attached hydrogen (secondary N) is 1. The first-order valence-electron chi connectivity index (χ1n) is 6.10. The number of benzene rings is 2. The number of hydrogen-bond acceptors (Lipinski definition) is 2. The van der Waals surface area contributed by atoms with Crippen LogP contribution in [0.4, 0.5) is 4.39 Å². The zero-order chi connectivity index (χ0) is 14.7. The lowest BCUT2D eigenvalue weighted by Crippen LogP contribution is -2.12. The molecular formula is C15H14BrClFNO. The lowest BCUT2D eigenvalue weighted by Gasteiger charge is -2.13. The van der Waals surface area contributed by atoms with E-state index in [4.69, 9.17) is 16.3 Å². The van der Waals surface area contributed by atoms with Crippen molar-refractivity contribution < 1.29 is 9.13 Å². The lowest BCUT2D eigenvalue weighted by atomic mass is 10.1. The fourth-order valence-corrected chi connectivity index (χ4v) is 2.42. The van der Waals surface area contributed by atoms with Gasteiger partial charge >= 0.3 is 0 Å². The first-order chi connectivity index (χ1) is 9.49. The summed E-state index contributed by atoms with van der Waals surface area (Å²) < 4.78 is 19.5. The Bertz CT molecular complexity index is 601. The first-order valence-corrected chi connectivity index (χ1v) is 7.27. The van der Waals surface area contributed by atoms with Crippen LogP contribution in [-0.2, 0) is 0 Å². The summed E-state index contributed by atoms with van der Waals surface area (Å²) in [6.07, 6.45) is 0. The maximum atomic E-state index is 13.3. The molecule has 0 bridgehead atoms. The van der Waals surface area contributed by atoms with E-state index in [0.717, 1.165) is 5.56 Å². The highest BCUT2D eigenvalue weighted by atomic mass is 79.9. The number of rotatable bonds is 4. The average molecular weight is 359 g/mol. The van der Waals surface area contributed by atoms with Gasteiger partial charge in [-0.15, -0.1) is 0 Å². The molecule has 0 radical (unpaired) electrons. The maximum absolute atomic E-state index is 13.3. The Balaban J connectivity index is 2.25. The predicted molar refractivity (Wildman–Crippen MR) is 83.1 cm³/mol. The van der Waals surface area contributed by atoms with Crippen molar-refractivity contribution in [3.05, 3.63) is 57.3 Å². The van der Waals surface area contributed by atoms with Gasteiger partial charge < -0.3 is 10.1 Å². The smallest absolute Gasteiger partial charge is 0.146 e. The standard InChI is InChI=1S/C15H14BrClFNO/c1-9(19-2)10-3-4-15(14(17)5-10)20-13-7-11(16)6-12(18)8-13/h3-9,19H,1-2H3. The number of halogens is 3. The highest BCUT2D eigenvalue weighted by Gasteiger charge is 2.09. The van der Waals surface area contributed by atoms with Crippen molar-refractivity contribution in [2.24, 2.45) is 0 Å². The van der Waals surface area contributed by atoms with Gasteiger partial charge in [0.15, 0.2) is 0 Å². The number of ether oxygens (including phenoxy) is 1. The van der Waals surface area contributed by atoms with Crippen LogP contribution < -0.4 is 10.1 Å². The Morgan fingerprint density at radius 3 is 2.60 bits per heavy atom. The van der Waals surface area contributed by atoms with Crippen LogP contribution in [0, 0.1) is 5.82 Å². The van der Waals surface area contributed by atoms with E-state index in [2.05, 4.69) is 21.2 Å². The molecule has 0 aliphatic rings. The molecule has 2 aromatic rings. The van der Waals surface area contributed by atoms with Crippen LogP contribution in [-0.4, -0.2) is 7.05 Å². The van der Waals surface area contributed by atoms with Crippen molar-refractivity contribution in [1.29, 1.82) is 0 Å². The third kappa shape index (κ3) is 3.72. The molecule has 2 aromatic carbocycles. The molecule has 0 saturated carbocycles. The van der Waals surface area contributed by atoms with Crippen LogP contribution in [0.25, 0.3) is 0 Å². The normalized spacial score (nSPS) is 12.2. The van der Waals surface area contributed by atoms with Gasteiger partial charge in [0, 0.05) is 16.6 Å². The van der Waals surface area contributed by atoms with E-state index in [1.165, 1.54) is 12.1 Å². The molecule has 0 fully saturated rings. The summed E-state index contributed by atoms with van der Waals surface area (Å²) in [4.78, 5) is 0. The summed E-state index contributed by atoms with van der Waals surface area (Å²) in [6, 6.07) is 10.1. The van der Waals surface area contributed by atoms with Crippen LogP contribution in [0.3, 0.4) is 0 Å². The minimum absolute atomic E-state index is 0.199. The molecule has 1 N–H and O–H groups in total. The Morgan fingerprint density at radius 2 is 2.00 bits per heavy atom. The highest BCUT2D eigenvalue weighted by Crippen LogP contribution is 2.33. The minimum atomic E-state index is -0.370. The highest BCUT2D eigenvalue weighted by molar-refractivity contribution is 9.10. The third-order valence-electron chi connectivity index (χ3n) is 2.95. The van der Waals surface area contributed by atoms with Gasteiger partial charge in [0.1, 0.15) is 17.3 Å². The molecule has 5 heteroatoms. The molecular weight excluding hydrogens is 345 g/mol. The van der Waals surface area contributed by atoms with Crippen molar-refractivity contribution in [3.63, 3.8) is 0 Å². The quantitative estimate of drug-likeness (QED) is 0.799. The predicted octanol–water partition coefficient (Wildman–Crippen LogP) is 5.31. The molecule has 106 valence electrons. The molecule has 1 atom stereocenters. The van der Waals surface area contributed by atoms with Crippen LogP contribution >= 0.6 is 27.5 Å². The van der Waals surface area contributed by atoms with Gasteiger partial charge in [0.05, 0.1) is 5.02 Å². The van der Waals surface area contributed by atoms with E-state index in [-0.39, 0.29) is 11.9 Å². The second-order valence-electron chi connectivity index (χ2n) is 4.41. The molecule has 0 saturated heterocycles. The zero-order valence-electron chi connectivity index (χ0n) is 11.1. The lowest BCUT2D eigenvalue weighted by molar-refractivity contribution is 0.476. The fourth-order valence-electron chi connectivity index (χ4n) is 1.75. The van der Waals surface area contributed by atoms with Crippen molar-refractivity contribution in [2.45, 2.75) is 13.0 Å². The second-order valence-corrected chi connectivity index (χ2v) is 5.73. The molecule has 1 unspecified atom stereocenters. The van der Waals surface area contributed by atoms with E-state index < -0.39 is 0 Å². The molecule has 2 rings (SSSR count). The van der Waals surface area contributed by atoms with Gasteiger partial charge in [0.25, 0.3) is 0 Å². The number of hydrogen-bond donors (Lipinski definition) is 1. The fraction of sp³-hybridized carbons (Fsp3) is 0.200. The Labute approximate surface area is 131 Å². The molecule has 0 aliphatic carbocycles. The molecule has 0 aliphatic heterocycles. The van der Waals surface area contributed by atoms with Crippen molar-refractivity contribution in [2.75, 3.05) is 7.05 Å². The SMILES string of the molecule is CNC(C)c1ccc(Oc2cc(F)cc(Br)c2)c(Cl)c1. The molecule has 2 nitrogen and oxygen atoms in total. The maximum Gasteiger partial charge on any atom is 0.146 e. The molecule has 0 spiro atoms. The van der Waals surface area contributed by atoms with E-state index in [0.29, 0.717) is 21.0 Å². The van der Waals surface area contributed by atoms with Crippen molar-refractivity contribution in [1.82, 2.24) is 5.32 Å². The summed E-state index contributed by atoms with van der Waals surface area (Å²) in [5.74, 6) is 0.523. The average Bonchev–Trinajstić information content (AvgIpc) is 2.39. The first kappa shape index (κ1) is 15.3. The van der Waals surface area contributed by atoms with Gasteiger partial charge in [-0.05, 0) is 43.8 Å². The Kier molecular flexibility index (Phi) is 5.02. The van der Waals surface area contributed by atoms with E-state index >= 15 is 0 Å². The Morgan fingerprint density at radius 1 is 1.25 bits per heavy atom. The third-order valence-corrected chi connectivity index (χ3v) is 3.71. The van der Waals surface area contributed by atoms with Crippen molar-refractivity contribution in [3.8, 4) is 11.5 Å². The molecule has 20 heavy (non-hydrogen) atoms. The second kappa shape index (κ2) is 6.57. The van der Waals surface area contributed by atoms with Crippen molar-refractivity contribution >= 4 is 27.5 Å². The largest absolute Gasteiger partial charge is 0.456 e. The van der Waals surface area contributed by atoms with E-state index in [1.54, 1.807) is 12.1 Å². The molecule has 0 heterocycles. The minimum Gasteiger partial charge on any atom is -0.456 e.